The minimum atomic E-state index is -0.317. The quantitative estimate of drug-likeness (QED) is 0.905. The van der Waals surface area contributed by atoms with Gasteiger partial charge in [-0.3, -0.25) is 4.79 Å². The number of carbonyl (C=O) groups is 1. The van der Waals surface area contributed by atoms with Gasteiger partial charge in [0.15, 0.2) is 0 Å². The third-order valence-corrected chi connectivity index (χ3v) is 3.07. The SMILES string of the molecule is Cc1cc(Cl)ccc1Nc1cc(C(=O)NC(C)(C)C)ncn1. The minimum absolute atomic E-state index is 0.231. The van der Waals surface area contributed by atoms with E-state index in [1.165, 1.54) is 6.33 Å². The number of halogens is 1. The van der Waals surface area contributed by atoms with Crippen molar-refractivity contribution >= 4 is 29.0 Å². The van der Waals surface area contributed by atoms with E-state index in [0.717, 1.165) is 11.3 Å². The molecule has 0 fully saturated rings. The van der Waals surface area contributed by atoms with Gasteiger partial charge in [0.2, 0.25) is 0 Å². The zero-order valence-electron chi connectivity index (χ0n) is 13.1. The molecule has 22 heavy (non-hydrogen) atoms. The predicted octanol–water partition coefficient (Wildman–Crippen LogP) is 3.71. The Hall–Kier alpha value is -2.14. The van der Waals surface area contributed by atoms with Crippen LogP contribution in [0.3, 0.4) is 0 Å². The molecule has 0 unspecified atom stereocenters. The van der Waals surface area contributed by atoms with Gasteiger partial charge in [-0.05, 0) is 51.5 Å². The summed E-state index contributed by atoms with van der Waals surface area (Å²) < 4.78 is 0. The van der Waals surface area contributed by atoms with Crippen molar-refractivity contribution in [3.05, 3.63) is 46.9 Å². The summed E-state index contributed by atoms with van der Waals surface area (Å²) in [4.78, 5) is 20.3. The molecule has 0 spiro atoms. The Morgan fingerprint density at radius 3 is 2.55 bits per heavy atom. The maximum atomic E-state index is 12.1. The molecule has 2 rings (SSSR count). The van der Waals surface area contributed by atoms with Crippen molar-refractivity contribution in [3.63, 3.8) is 0 Å². The first kappa shape index (κ1) is 16.2. The number of nitrogens with zero attached hydrogens (tertiary/aromatic N) is 2. The number of amides is 1. The lowest BCUT2D eigenvalue weighted by atomic mass is 10.1. The van der Waals surface area contributed by atoms with Crippen LogP contribution in [-0.4, -0.2) is 21.4 Å². The molecule has 0 bridgehead atoms. The topological polar surface area (TPSA) is 66.9 Å². The molecular formula is C16H19ClN4O. The lowest BCUT2D eigenvalue weighted by molar-refractivity contribution is 0.0914. The number of aromatic nitrogens is 2. The largest absolute Gasteiger partial charge is 0.346 e. The van der Waals surface area contributed by atoms with Crippen LogP contribution in [0.2, 0.25) is 5.02 Å². The van der Waals surface area contributed by atoms with E-state index in [-0.39, 0.29) is 11.4 Å². The minimum Gasteiger partial charge on any atom is -0.346 e. The summed E-state index contributed by atoms with van der Waals surface area (Å²) >= 11 is 5.94. The van der Waals surface area contributed by atoms with Crippen molar-refractivity contribution in [1.29, 1.82) is 0 Å². The molecule has 2 aromatic rings. The van der Waals surface area contributed by atoms with E-state index in [9.17, 15) is 4.79 Å². The summed E-state index contributed by atoms with van der Waals surface area (Å²) in [7, 11) is 0. The van der Waals surface area contributed by atoms with Crippen molar-refractivity contribution in [3.8, 4) is 0 Å². The number of carbonyl (C=O) groups excluding carboxylic acids is 1. The number of anilines is 2. The van der Waals surface area contributed by atoms with Crippen molar-refractivity contribution in [1.82, 2.24) is 15.3 Å². The molecule has 0 aliphatic heterocycles. The van der Waals surface area contributed by atoms with Gasteiger partial charge in [0.05, 0.1) is 0 Å². The van der Waals surface area contributed by atoms with Gasteiger partial charge in [-0.2, -0.15) is 0 Å². The average molecular weight is 319 g/mol. The fraction of sp³-hybridized carbons (Fsp3) is 0.312. The van der Waals surface area contributed by atoms with Crippen molar-refractivity contribution in [2.45, 2.75) is 33.2 Å². The highest BCUT2D eigenvalue weighted by Crippen LogP contribution is 2.22. The maximum Gasteiger partial charge on any atom is 0.270 e. The molecular weight excluding hydrogens is 300 g/mol. The molecule has 0 atom stereocenters. The van der Waals surface area contributed by atoms with Crippen LogP contribution >= 0.6 is 11.6 Å². The van der Waals surface area contributed by atoms with Crippen LogP contribution in [0.5, 0.6) is 0 Å². The fourth-order valence-electron chi connectivity index (χ4n) is 1.86. The Bertz CT molecular complexity index is 695. The molecule has 0 aliphatic rings. The molecule has 2 N–H and O–H groups in total. The highest BCUT2D eigenvalue weighted by atomic mass is 35.5. The average Bonchev–Trinajstić information content (AvgIpc) is 2.40. The molecule has 0 saturated heterocycles. The van der Waals surface area contributed by atoms with Crippen molar-refractivity contribution < 1.29 is 4.79 Å². The van der Waals surface area contributed by atoms with Gasteiger partial charge < -0.3 is 10.6 Å². The number of aryl methyl sites for hydroxylation is 1. The van der Waals surface area contributed by atoms with Gasteiger partial charge in [0.1, 0.15) is 17.8 Å². The molecule has 1 heterocycles. The Morgan fingerprint density at radius 1 is 1.18 bits per heavy atom. The first-order valence-electron chi connectivity index (χ1n) is 6.92. The summed E-state index contributed by atoms with van der Waals surface area (Å²) in [6.45, 7) is 7.70. The van der Waals surface area contributed by atoms with Gasteiger partial charge in [0.25, 0.3) is 5.91 Å². The highest BCUT2D eigenvalue weighted by Gasteiger charge is 2.16. The smallest absolute Gasteiger partial charge is 0.270 e. The van der Waals surface area contributed by atoms with Crippen LogP contribution in [0.25, 0.3) is 0 Å². The zero-order chi connectivity index (χ0) is 16.3. The Morgan fingerprint density at radius 2 is 1.91 bits per heavy atom. The van der Waals surface area contributed by atoms with E-state index in [0.29, 0.717) is 16.5 Å². The van der Waals surface area contributed by atoms with Crippen LogP contribution in [-0.2, 0) is 0 Å². The lowest BCUT2D eigenvalue weighted by Gasteiger charge is -2.20. The molecule has 0 aliphatic carbocycles. The summed E-state index contributed by atoms with van der Waals surface area (Å²) in [5.74, 6) is 0.324. The molecule has 6 heteroatoms. The molecule has 1 aromatic heterocycles. The Kier molecular flexibility index (Phi) is 4.66. The summed E-state index contributed by atoms with van der Waals surface area (Å²) in [5.41, 5.74) is 1.87. The Balaban J connectivity index is 2.20. The number of hydrogen-bond donors (Lipinski definition) is 2. The first-order valence-corrected chi connectivity index (χ1v) is 7.30. The fourth-order valence-corrected chi connectivity index (χ4v) is 2.09. The highest BCUT2D eigenvalue weighted by molar-refractivity contribution is 6.30. The first-order chi connectivity index (χ1) is 10.2. The van der Waals surface area contributed by atoms with E-state index in [1.807, 2.05) is 39.8 Å². The second kappa shape index (κ2) is 6.32. The standard InChI is InChI=1S/C16H19ClN4O/c1-10-7-11(17)5-6-12(10)20-14-8-13(18-9-19-14)15(22)21-16(2,3)4/h5-9H,1-4H3,(H,21,22)(H,18,19,20). The zero-order valence-corrected chi connectivity index (χ0v) is 13.8. The number of benzene rings is 1. The van der Waals surface area contributed by atoms with E-state index >= 15 is 0 Å². The second-order valence-corrected chi connectivity index (χ2v) is 6.51. The molecule has 116 valence electrons. The van der Waals surface area contributed by atoms with E-state index in [1.54, 1.807) is 12.1 Å². The third kappa shape index (κ3) is 4.43. The van der Waals surface area contributed by atoms with Gasteiger partial charge >= 0.3 is 0 Å². The van der Waals surface area contributed by atoms with Crippen LogP contribution in [0.1, 0.15) is 36.8 Å². The van der Waals surface area contributed by atoms with Crippen LogP contribution in [0, 0.1) is 6.92 Å². The monoisotopic (exact) mass is 318 g/mol. The molecule has 5 nitrogen and oxygen atoms in total. The normalized spacial score (nSPS) is 11.1. The number of hydrogen-bond acceptors (Lipinski definition) is 4. The van der Waals surface area contributed by atoms with E-state index in [4.69, 9.17) is 11.6 Å². The van der Waals surface area contributed by atoms with E-state index < -0.39 is 0 Å². The predicted molar refractivity (Wildman–Crippen MR) is 88.7 cm³/mol. The van der Waals surface area contributed by atoms with Crippen molar-refractivity contribution in [2.24, 2.45) is 0 Å². The van der Waals surface area contributed by atoms with Crippen LogP contribution in [0.15, 0.2) is 30.6 Å². The van der Waals surface area contributed by atoms with Crippen LogP contribution in [0.4, 0.5) is 11.5 Å². The molecule has 0 saturated carbocycles. The van der Waals surface area contributed by atoms with Gasteiger partial charge in [0, 0.05) is 22.3 Å². The second-order valence-electron chi connectivity index (χ2n) is 6.08. The molecule has 1 aromatic carbocycles. The Labute approximate surface area is 135 Å². The molecule has 0 radical (unpaired) electrons. The summed E-state index contributed by atoms with van der Waals surface area (Å²) in [6.07, 6.45) is 1.37. The van der Waals surface area contributed by atoms with Gasteiger partial charge in [-0.15, -0.1) is 0 Å². The summed E-state index contributed by atoms with van der Waals surface area (Å²) in [6, 6.07) is 7.15. The third-order valence-electron chi connectivity index (χ3n) is 2.84. The van der Waals surface area contributed by atoms with Gasteiger partial charge in [-0.1, -0.05) is 11.6 Å². The van der Waals surface area contributed by atoms with Gasteiger partial charge in [-0.25, -0.2) is 9.97 Å². The van der Waals surface area contributed by atoms with E-state index in [2.05, 4.69) is 20.6 Å². The number of nitrogens with one attached hydrogen (secondary N) is 2. The van der Waals surface area contributed by atoms with Crippen LogP contribution < -0.4 is 10.6 Å². The number of rotatable bonds is 3. The van der Waals surface area contributed by atoms with Crippen molar-refractivity contribution in [2.75, 3.05) is 5.32 Å². The summed E-state index contributed by atoms with van der Waals surface area (Å²) in [5, 5.41) is 6.72. The lowest BCUT2D eigenvalue weighted by Crippen LogP contribution is -2.40. The maximum absolute atomic E-state index is 12.1. The molecule has 1 amide bonds.